The molecule has 0 spiro atoms. The molecule has 4 rings (SSSR count). The van der Waals surface area contributed by atoms with Gasteiger partial charge in [-0.15, -0.1) is 19.0 Å². The van der Waals surface area contributed by atoms with E-state index in [0.717, 1.165) is 79.4 Å². The molecule has 158 valence electrons. The van der Waals surface area contributed by atoms with Crippen molar-refractivity contribution in [2.75, 3.05) is 44.7 Å². The first kappa shape index (κ1) is 22.1. The van der Waals surface area contributed by atoms with Gasteiger partial charge in [0.25, 0.3) is 0 Å². The molecule has 0 amide bonds. The highest BCUT2D eigenvalue weighted by Crippen LogP contribution is 2.31. The average molecular weight is 426 g/mol. The molecule has 0 saturated carbocycles. The second-order valence-corrected chi connectivity index (χ2v) is 7.43. The van der Waals surface area contributed by atoms with Gasteiger partial charge in [0.1, 0.15) is 11.9 Å². The molecule has 1 saturated heterocycles. The molecule has 0 atom stereocenters. The van der Waals surface area contributed by atoms with Gasteiger partial charge in [-0.05, 0) is 44.0 Å². The van der Waals surface area contributed by atoms with Gasteiger partial charge < -0.3 is 10.1 Å². The van der Waals surface area contributed by atoms with Crippen LogP contribution in [0.4, 0.5) is 5.82 Å². The van der Waals surface area contributed by atoms with E-state index in [1.165, 1.54) is 0 Å². The van der Waals surface area contributed by atoms with E-state index in [4.69, 9.17) is 9.72 Å². The first-order valence-electron chi connectivity index (χ1n) is 10.2. The monoisotopic (exact) mass is 425 g/mol. The lowest BCUT2D eigenvalue weighted by Crippen LogP contribution is -2.37. The van der Waals surface area contributed by atoms with Gasteiger partial charge in [0, 0.05) is 25.2 Å². The standard InChI is InChI=1S/C23H27N5O.ClH/c1-3-7-18-17(2)19(16-24)23-26-20-8-4-5-9-21(20)28(23)22(18)25-10-6-11-27-12-14-29-15-13-27;/h3-5,8-9,25H,1,6-7,10-15H2,2H3;1H. The molecule has 1 aromatic carbocycles. The maximum atomic E-state index is 9.82. The van der Waals surface area contributed by atoms with E-state index in [-0.39, 0.29) is 12.4 Å². The number of ether oxygens (including phenoxy) is 1. The third-order valence-corrected chi connectivity index (χ3v) is 5.63. The van der Waals surface area contributed by atoms with E-state index >= 15 is 0 Å². The third-order valence-electron chi connectivity index (χ3n) is 5.63. The summed E-state index contributed by atoms with van der Waals surface area (Å²) in [5.41, 5.74) is 5.35. The van der Waals surface area contributed by atoms with Crippen LogP contribution in [0.15, 0.2) is 36.9 Å². The van der Waals surface area contributed by atoms with Crippen LogP contribution in [0.3, 0.4) is 0 Å². The number of hydrogen-bond donors (Lipinski definition) is 1. The molecule has 1 fully saturated rings. The number of anilines is 1. The van der Waals surface area contributed by atoms with Crippen molar-refractivity contribution in [3.63, 3.8) is 0 Å². The zero-order valence-corrected chi connectivity index (χ0v) is 18.2. The Morgan fingerprint density at radius 2 is 2.07 bits per heavy atom. The highest BCUT2D eigenvalue weighted by atomic mass is 35.5. The van der Waals surface area contributed by atoms with E-state index < -0.39 is 0 Å². The van der Waals surface area contributed by atoms with Gasteiger partial charge in [-0.3, -0.25) is 9.30 Å². The number of nitrogens with zero attached hydrogens (tertiary/aromatic N) is 4. The number of aromatic nitrogens is 2. The summed E-state index contributed by atoms with van der Waals surface area (Å²) in [4.78, 5) is 7.21. The molecule has 6 nitrogen and oxygen atoms in total. The number of allylic oxidation sites excluding steroid dienone is 1. The molecule has 7 heteroatoms. The molecule has 30 heavy (non-hydrogen) atoms. The van der Waals surface area contributed by atoms with Crippen molar-refractivity contribution in [2.24, 2.45) is 0 Å². The van der Waals surface area contributed by atoms with Gasteiger partial charge in [-0.25, -0.2) is 4.98 Å². The molecule has 2 aromatic heterocycles. The Morgan fingerprint density at radius 1 is 1.30 bits per heavy atom. The van der Waals surface area contributed by atoms with Gasteiger partial charge in [0.15, 0.2) is 5.65 Å². The highest BCUT2D eigenvalue weighted by Gasteiger charge is 2.20. The summed E-state index contributed by atoms with van der Waals surface area (Å²) in [5, 5.41) is 13.5. The largest absolute Gasteiger partial charge is 0.379 e. The van der Waals surface area contributed by atoms with E-state index in [2.05, 4.69) is 33.3 Å². The van der Waals surface area contributed by atoms with Crippen LogP contribution in [0.1, 0.15) is 23.1 Å². The van der Waals surface area contributed by atoms with Gasteiger partial charge in [-0.1, -0.05) is 18.2 Å². The Labute approximate surface area is 183 Å². The zero-order chi connectivity index (χ0) is 20.2. The fourth-order valence-corrected chi connectivity index (χ4v) is 4.10. The van der Waals surface area contributed by atoms with E-state index in [1.54, 1.807) is 0 Å². The van der Waals surface area contributed by atoms with Crippen LogP contribution in [0.2, 0.25) is 0 Å². The Bertz CT molecular complexity index is 1080. The predicted molar refractivity (Wildman–Crippen MR) is 124 cm³/mol. The summed E-state index contributed by atoms with van der Waals surface area (Å²) in [5.74, 6) is 1.02. The second-order valence-electron chi connectivity index (χ2n) is 7.43. The SMILES string of the molecule is C=CCc1c(C)c(C#N)c2nc3ccccc3n2c1NCCCN1CCOCC1.Cl. The van der Waals surface area contributed by atoms with E-state index in [9.17, 15) is 5.26 Å². The van der Waals surface area contributed by atoms with E-state index in [0.29, 0.717) is 12.0 Å². The Kier molecular flexibility index (Phi) is 7.33. The summed E-state index contributed by atoms with van der Waals surface area (Å²) in [7, 11) is 0. The van der Waals surface area contributed by atoms with E-state index in [1.807, 2.05) is 31.2 Å². The Morgan fingerprint density at radius 3 is 2.80 bits per heavy atom. The molecular weight excluding hydrogens is 398 g/mol. The lowest BCUT2D eigenvalue weighted by atomic mass is 10.0. The minimum Gasteiger partial charge on any atom is -0.379 e. The number of halogens is 1. The fourth-order valence-electron chi connectivity index (χ4n) is 4.10. The highest BCUT2D eigenvalue weighted by molar-refractivity contribution is 5.86. The number of rotatable bonds is 7. The van der Waals surface area contributed by atoms with Crippen LogP contribution in [0.25, 0.3) is 16.7 Å². The molecule has 1 aliphatic heterocycles. The summed E-state index contributed by atoms with van der Waals surface area (Å²) in [6, 6.07) is 10.4. The molecule has 1 aliphatic rings. The fraction of sp³-hybridized carbons (Fsp3) is 0.391. The molecule has 0 unspecified atom stereocenters. The Balaban J connectivity index is 0.00000256. The van der Waals surface area contributed by atoms with Crippen molar-refractivity contribution >= 4 is 34.9 Å². The molecule has 1 N–H and O–H groups in total. The topological polar surface area (TPSA) is 65.6 Å². The second kappa shape index (κ2) is 9.94. The van der Waals surface area contributed by atoms with Crippen LogP contribution < -0.4 is 5.32 Å². The number of benzene rings is 1. The van der Waals surface area contributed by atoms with Gasteiger partial charge >= 0.3 is 0 Å². The molecule has 0 bridgehead atoms. The molecular formula is C23H28ClN5O. The van der Waals surface area contributed by atoms with Crippen LogP contribution in [-0.4, -0.2) is 53.7 Å². The zero-order valence-electron chi connectivity index (χ0n) is 17.4. The van der Waals surface area contributed by atoms with Gasteiger partial charge in [0.2, 0.25) is 0 Å². The molecule has 3 heterocycles. The maximum Gasteiger partial charge on any atom is 0.157 e. The van der Waals surface area contributed by atoms with Crippen LogP contribution in [0, 0.1) is 18.3 Å². The summed E-state index contributed by atoms with van der Waals surface area (Å²) >= 11 is 0. The summed E-state index contributed by atoms with van der Waals surface area (Å²) in [6.45, 7) is 11.5. The van der Waals surface area contributed by atoms with Crippen molar-refractivity contribution in [1.82, 2.24) is 14.3 Å². The number of nitriles is 1. The van der Waals surface area contributed by atoms with Gasteiger partial charge in [-0.2, -0.15) is 5.26 Å². The number of nitrogens with one attached hydrogen (secondary N) is 1. The lowest BCUT2D eigenvalue weighted by molar-refractivity contribution is 0.0378. The minimum absolute atomic E-state index is 0. The van der Waals surface area contributed by atoms with Crippen molar-refractivity contribution < 1.29 is 4.74 Å². The molecule has 0 aliphatic carbocycles. The number of imidazole rings is 1. The van der Waals surface area contributed by atoms with Crippen LogP contribution in [0.5, 0.6) is 0 Å². The van der Waals surface area contributed by atoms with Crippen molar-refractivity contribution in [3.05, 3.63) is 53.6 Å². The maximum absolute atomic E-state index is 9.82. The summed E-state index contributed by atoms with van der Waals surface area (Å²) < 4.78 is 7.54. The number of morpholine rings is 1. The lowest BCUT2D eigenvalue weighted by Gasteiger charge is -2.26. The van der Waals surface area contributed by atoms with Gasteiger partial charge in [0.05, 0.1) is 29.8 Å². The molecule has 0 radical (unpaired) electrons. The molecule has 3 aromatic rings. The minimum atomic E-state index is 0. The van der Waals surface area contributed by atoms with Crippen molar-refractivity contribution in [2.45, 2.75) is 19.8 Å². The average Bonchev–Trinajstić information content (AvgIpc) is 3.13. The number of fused-ring (bicyclic) bond motifs is 3. The van der Waals surface area contributed by atoms with Crippen LogP contribution in [-0.2, 0) is 11.2 Å². The van der Waals surface area contributed by atoms with Crippen molar-refractivity contribution in [3.8, 4) is 6.07 Å². The quantitative estimate of drug-likeness (QED) is 0.458. The third kappa shape index (κ3) is 4.15. The first-order valence-corrected chi connectivity index (χ1v) is 10.2. The summed E-state index contributed by atoms with van der Waals surface area (Å²) in [6.07, 6.45) is 3.64. The normalized spacial score (nSPS) is 14.4. The number of pyridine rings is 1. The number of hydrogen-bond acceptors (Lipinski definition) is 5. The van der Waals surface area contributed by atoms with Crippen molar-refractivity contribution in [1.29, 1.82) is 5.26 Å². The Hall–Kier alpha value is -2.59. The predicted octanol–water partition coefficient (Wildman–Crippen LogP) is 3.95. The van der Waals surface area contributed by atoms with Crippen LogP contribution >= 0.6 is 12.4 Å². The smallest absolute Gasteiger partial charge is 0.157 e. The number of para-hydroxylation sites is 2. The first-order chi connectivity index (χ1) is 14.2.